The minimum absolute atomic E-state index is 0.143. The molecule has 5 nitrogen and oxygen atoms in total. The number of benzene rings is 2. The summed E-state index contributed by atoms with van der Waals surface area (Å²) in [5.41, 5.74) is 0.732. The van der Waals surface area contributed by atoms with E-state index in [1.165, 1.54) is 12.8 Å². The van der Waals surface area contributed by atoms with Gasteiger partial charge in [0, 0.05) is 17.8 Å². The lowest BCUT2D eigenvalue weighted by Crippen LogP contribution is -2.15. The van der Waals surface area contributed by atoms with Gasteiger partial charge in [-0.3, -0.25) is 0 Å². The first-order chi connectivity index (χ1) is 17.0. The Hall–Kier alpha value is -4.58. The second kappa shape index (κ2) is 15.3. The van der Waals surface area contributed by atoms with Crippen LogP contribution in [-0.2, 0) is 4.74 Å². The molecule has 0 spiro atoms. The molecule has 0 N–H and O–H groups in total. The Kier molecular flexibility index (Phi) is 11.7. The maximum atomic E-state index is 12.4. The highest BCUT2D eigenvalue weighted by Crippen LogP contribution is 2.18. The number of hydrogen-bond donors (Lipinski definition) is 0. The van der Waals surface area contributed by atoms with Crippen molar-refractivity contribution in [2.24, 2.45) is 0 Å². The largest absolute Gasteiger partial charge is 0.459 e. The van der Waals surface area contributed by atoms with Crippen molar-refractivity contribution in [3.8, 4) is 59.6 Å². The van der Waals surface area contributed by atoms with Crippen molar-refractivity contribution in [1.82, 2.24) is 0 Å². The van der Waals surface area contributed by atoms with Gasteiger partial charge in [-0.1, -0.05) is 26.2 Å². The number of ether oxygens (including phenoxy) is 3. The van der Waals surface area contributed by atoms with Crippen LogP contribution < -0.4 is 9.47 Å². The zero-order valence-electron chi connectivity index (χ0n) is 19.9. The highest BCUT2D eigenvalue weighted by Gasteiger charge is 2.13. The van der Waals surface area contributed by atoms with Crippen molar-refractivity contribution in [2.45, 2.75) is 52.1 Å². The molecule has 0 amide bonds. The molecule has 0 aliphatic heterocycles. The average molecular weight is 467 g/mol. The summed E-state index contributed by atoms with van der Waals surface area (Å²) >= 11 is 0. The molecule has 1 unspecified atom stereocenters. The van der Waals surface area contributed by atoms with E-state index in [2.05, 4.69) is 48.6 Å². The lowest BCUT2D eigenvalue weighted by atomic mass is 10.1. The van der Waals surface area contributed by atoms with Crippen LogP contribution in [0.4, 0.5) is 0 Å². The molecular formula is C30H26O5. The predicted octanol–water partition coefficient (Wildman–Crippen LogP) is 5.40. The van der Waals surface area contributed by atoms with Gasteiger partial charge in [0.2, 0.25) is 0 Å². The molecule has 2 aromatic rings. The second-order valence-corrected chi connectivity index (χ2v) is 7.48. The van der Waals surface area contributed by atoms with Crippen LogP contribution in [0.3, 0.4) is 0 Å². The summed E-state index contributed by atoms with van der Waals surface area (Å²) < 4.78 is 16.1. The maximum absolute atomic E-state index is 12.4. The fourth-order valence-electron chi connectivity index (χ4n) is 2.89. The third kappa shape index (κ3) is 10.3. The number of terminal acetylenes is 1. The van der Waals surface area contributed by atoms with Crippen molar-refractivity contribution < 1.29 is 23.8 Å². The van der Waals surface area contributed by atoms with Crippen molar-refractivity contribution in [3.63, 3.8) is 0 Å². The zero-order chi connectivity index (χ0) is 25.3. The summed E-state index contributed by atoms with van der Waals surface area (Å²) in [6, 6.07) is 12.5. The van der Waals surface area contributed by atoms with Gasteiger partial charge in [-0.05, 0) is 86.1 Å². The van der Waals surface area contributed by atoms with Crippen LogP contribution in [0.5, 0.6) is 11.5 Å². The topological polar surface area (TPSA) is 61.8 Å². The summed E-state index contributed by atoms with van der Waals surface area (Å²) in [4.78, 5) is 24.7. The van der Waals surface area contributed by atoms with E-state index in [-0.39, 0.29) is 6.10 Å². The third-order valence-corrected chi connectivity index (χ3v) is 4.71. The molecule has 0 bridgehead atoms. The number of carbonyl (C=O) groups is 2. The molecule has 0 fully saturated rings. The number of rotatable bonds is 10. The van der Waals surface area contributed by atoms with Crippen molar-refractivity contribution >= 4 is 11.9 Å². The van der Waals surface area contributed by atoms with Gasteiger partial charge in [0.1, 0.15) is 17.6 Å². The van der Waals surface area contributed by atoms with Crippen molar-refractivity contribution in [3.05, 3.63) is 59.7 Å². The zero-order valence-corrected chi connectivity index (χ0v) is 19.9. The van der Waals surface area contributed by atoms with E-state index < -0.39 is 11.9 Å². The molecule has 0 saturated heterocycles. The van der Waals surface area contributed by atoms with Crippen LogP contribution in [0.15, 0.2) is 48.5 Å². The van der Waals surface area contributed by atoms with Crippen molar-refractivity contribution in [1.29, 1.82) is 0 Å². The molecule has 0 saturated carbocycles. The number of carbonyl (C=O) groups excluding carboxylic acids is 2. The van der Waals surface area contributed by atoms with Crippen molar-refractivity contribution in [2.75, 3.05) is 0 Å². The molecule has 2 rings (SSSR count). The Morgan fingerprint density at radius 1 is 0.800 bits per heavy atom. The Bertz CT molecular complexity index is 1210. The SMILES string of the molecule is C#CC#CC#CC#COc1ccc(C(=O)Oc2ccc(C(=O)OC(C)CCCCCC)cc2)cc1. The van der Waals surface area contributed by atoms with Gasteiger partial charge < -0.3 is 14.2 Å². The molecule has 0 heterocycles. The van der Waals surface area contributed by atoms with Crippen LogP contribution in [0.1, 0.15) is 66.7 Å². The van der Waals surface area contributed by atoms with Gasteiger partial charge in [-0.15, -0.1) is 6.42 Å². The van der Waals surface area contributed by atoms with Gasteiger partial charge >= 0.3 is 11.9 Å². The molecule has 5 heteroatoms. The van der Waals surface area contributed by atoms with Crippen LogP contribution in [0.2, 0.25) is 0 Å². The minimum Gasteiger partial charge on any atom is -0.459 e. The lowest BCUT2D eigenvalue weighted by molar-refractivity contribution is 0.0319. The van der Waals surface area contributed by atoms with Crippen LogP contribution in [-0.4, -0.2) is 18.0 Å². The van der Waals surface area contributed by atoms with Crippen LogP contribution in [0, 0.1) is 48.1 Å². The van der Waals surface area contributed by atoms with E-state index in [0.717, 1.165) is 19.3 Å². The number of hydrogen-bond acceptors (Lipinski definition) is 5. The highest BCUT2D eigenvalue weighted by atomic mass is 16.5. The Morgan fingerprint density at radius 3 is 2.06 bits per heavy atom. The molecule has 176 valence electrons. The van der Waals surface area contributed by atoms with E-state index in [1.54, 1.807) is 48.5 Å². The standard InChI is InChI=1S/C30H26O5/c1-4-6-8-10-11-13-23-33-27-19-15-26(16-20-27)30(32)35-28-21-17-25(18-22-28)29(31)34-24(3)14-12-9-7-5-2/h1,15-22,24H,5,7,9,12,14H2,2-3H3. The predicted molar refractivity (Wildman–Crippen MR) is 134 cm³/mol. The van der Waals surface area contributed by atoms with Crippen LogP contribution >= 0.6 is 0 Å². The van der Waals surface area contributed by atoms with E-state index in [1.807, 2.05) is 6.92 Å². The quantitative estimate of drug-likeness (QED) is 0.203. The third-order valence-electron chi connectivity index (χ3n) is 4.71. The van der Waals surface area contributed by atoms with E-state index in [0.29, 0.717) is 22.6 Å². The summed E-state index contributed by atoms with van der Waals surface area (Å²) in [5, 5.41) is 0. The monoisotopic (exact) mass is 466 g/mol. The molecule has 0 radical (unpaired) electrons. The highest BCUT2D eigenvalue weighted by molar-refractivity contribution is 5.92. The van der Waals surface area contributed by atoms with Gasteiger partial charge in [0.05, 0.1) is 17.2 Å². The molecule has 0 aromatic heterocycles. The Morgan fingerprint density at radius 2 is 1.40 bits per heavy atom. The Labute approximate surface area is 207 Å². The molecular weight excluding hydrogens is 440 g/mol. The molecule has 0 aliphatic rings. The van der Waals surface area contributed by atoms with Crippen LogP contribution in [0.25, 0.3) is 0 Å². The normalized spacial score (nSPS) is 9.97. The molecule has 35 heavy (non-hydrogen) atoms. The second-order valence-electron chi connectivity index (χ2n) is 7.48. The van der Waals surface area contributed by atoms with E-state index in [9.17, 15) is 9.59 Å². The average Bonchev–Trinajstić information content (AvgIpc) is 2.87. The first kappa shape index (κ1) is 26.7. The smallest absolute Gasteiger partial charge is 0.343 e. The Balaban J connectivity index is 1.85. The molecule has 0 aliphatic carbocycles. The van der Waals surface area contributed by atoms with Gasteiger partial charge in [-0.25, -0.2) is 9.59 Å². The maximum Gasteiger partial charge on any atom is 0.343 e. The van der Waals surface area contributed by atoms with E-state index >= 15 is 0 Å². The summed E-state index contributed by atoms with van der Waals surface area (Å²) in [5.74, 6) is 14.1. The lowest BCUT2D eigenvalue weighted by Gasteiger charge is -2.13. The summed E-state index contributed by atoms with van der Waals surface area (Å²) in [6.45, 7) is 4.06. The summed E-state index contributed by atoms with van der Waals surface area (Å²) in [7, 11) is 0. The number of unbranched alkanes of at least 4 members (excludes halogenated alkanes) is 3. The van der Waals surface area contributed by atoms with Gasteiger partial charge in [0.15, 0.2) is 0 Å². The fourth-order valence-corrected chi connectivity index (χ4v) is 2.89. The minimum atomic E-state index is -0.545. The molecule has 2 aromatic carbocycles. The fraction of sp³-hybridized carbons (Fsp3) is 0.267. The summed E-state index contributed by atoms with van der Waals surface area (Å²) in [6.07, 6.45) is 12.6. The van der Waals surface area contributed by atoms with E-state index in [4.69, 9.17) is 20.6 Å². The van der Waals surface area contributed by atoms with Gasteiger partial charge in [-0.2, -0.15) is 0 Å². The first-order valence-corrected chi connectivity index (χ1v) is 11.3. The number of esters is 2. The first-order valence-electron chi connectivity index (χ1n) is 11.3. The molecule has 1 atom stereocenters. The van der Waals surface area contributed by atoms with Gasteiger partial charge in [0.25, 0.3) is 0 Å².